The summed E-state index contributed by atoms with van der Waals surface area (Å²) in [5.41, 5.74) is 7.80. The Morgan fingerprint density at radius 3 is 0.979 bits per heavy atom. The van der Waals surface area contributed by atoms with Gasteiger partial charge in [-0.05, 0) is 84.7 Å². The van der Waals surface area contributed by atoms with E-state index in [1.165, 1.54) is 123 Å². The Balaban J connectivity index is 1.46. The van der Waals surface area contributed by atoms with Crippen LogP contribution in [0.1, 0.15) is 136 Å². The van der Waals surface area contributed by atoms with Crippen LogP contribution in [0.2, 0.25) is 0 Å². The van der Waals surface area contributed by atoms with Crippen LogP contribution in [0.25, 0.3) is 0 Å². The van der Waals surface area contributed by atoms with Gasteiger partial charge in [-0.25, -0.2) is 0 Å². The molecule has 0 nitrogen and oxygen atoms in total. The van der Waals surface area contributed by atoms with E-state index in [2.05, 4.69) is 122 Å². The van der Waals surface area contributed by atoms with Crippen LogP contribution in [0.3, 0.4) is 0 Å². The Labute approximate surface area is 288 Å². The zero-order chi connectivity index (χ0) is 32.8. The summed E-state index contributed by atoms with van der Waals surface area (Å²) < 4.78 is 0. The summed E-state index contributed by atoms with van der Waals surface area (Å²) in [4.78, 5) is 0. The fourth-order valence-electron chi connectivity index (χ4n) is 7.22. The zero-order valence-corrected chi connectivity index (χ0v) is 29.2. The van der Waals surface area contributed by atoms with Gasteiger partial charge in [-0.3, -0.25) is 0 Å². The highest BCUT2D eigenvalue weighted by Crippen LogP contribution is 2.45. The van der Waals surface area contributed by atoms with Gasteiger partial charge < -0.3 is 0 Å². The first kappa shape index (κ1) is 36.2. The van der Waals surface area contributed by atoms with Crippen LogP contribution < -0.4 is 0 Å². The maximum Gasteiger partial charge on any atom is 0.0701 e. The fourth-order valence-corrected chi connectivity index (χ4v) is 7.22. The molecule has 0 atom stereocenters. The van der Waals surface area contributed by atoms with Crippen molar-refractivity contribution < 1.29 is 0 Å². The first-order valence-electron chi connectivity index (χ1n) is 18.8. The van der Waals surface area contributed by atoms with E-state index >= 15 is 0 Å². The number of hydrogen-bond donors (Lipinski definition) is 0. The van der Waals surface area contributed by atoms with E-state index in [4.69, 9.17) is 0 Å². The monoisotopic (exact) mass is 624 g/mol. The molecule has 0 heterocycles. The van der Waals surface area contributed by atoms with Crippen molar-refractivity contribution in [3.8, 4) is 0 Å². The third-order valence-electron chi connectivity index (χ3n) is 9.93. The Kier molecular flexibility index (Phi) is 16.4. The molecule has 0 heteroatoms. The van der Waals surface area contributed by atoms with Crippen molar-refractivity contribution in [3.63, 3.8) is 0 Å². The molecule has 0 aromatic heterocycles. The molecule has 0 unspecified atom stereocenters. The third kappa shape index (κ3) is 11.2. The number of unbranched alkanes of at least 4 members (excludes halogenated alkanes) is 14. The van der Waals surface area contributed by atoms with Gasteiger partial charge in [-0.15, -0.1) is 13.2 Å². The van der Waals surface area contributed by atoms with Gasteiger partial charge >= 0.3 is 0 Å². The van der Waals surface area contributed by atoms with Crippen LogP contribution in [-0.4, -0.2) is 0 Å². The quantitative estimate of drug-likeness (QED) is 0.0413. The first-order chi connectivity index (χ1) is 23.3. The molecule has 0 bridgehead atoms. The van der Waals surface area contributed by atoms with Gasteiger partial charge in [0.25, 0.3) is 0 Å². The van der Waals surface area contributed by atoms with Crippen LogP contribution >= 0.6 is 0 Å². The summed E-state index contributed by atoms with van der Waals surface area (Å²) in [6, 6.07) is 41.4. The molecule has 0 saturated heterocycles. The highest BCUT2D eigenvalue weighted by molar-refractivity contribution is 5.60. The van der Waals surface area contributed by atoms with Crippen molar-refractivity contribution in [3.05, 3.63) is 168 Å². The average Bonchev–Trinajstić information content (AvgIpc) is 3.12. The van der Waals surface area contributed by atoms with Crippen molar-refractivity contribution in [2.75, 3.05) is 0 Å². The molecule has 47 heavy (non-hydrogen) atoms. The molecule has 0 fully saturated rings. The Bertz CT molecular complexity index is 1270. The lowest BCUT2D eigenvalue weighted by Crippen LogP contribution is -2.31. The number of allylic oxidation sites excluding steroid dienone is 2. The van der Waals surface area contributed by atoms with Gasteiger partial charge in [-0.2, -0.15) is 0 Å². The van der Waals surface area contributed by atoms with Gasteiger partial charge in [0.2, 0.25) is 0 Å². The topological polar surface area (TPSA) is 0 Å². The lowest BCUT2D eigenvalue weighted by molar-refractivity contribution is 0.581. The number of benzene rings is 4. The summed E-state index contributed by atoms with van der Waals surface area (Å²) >= 11 is 0. The summed E-state index contributed by atoms with van der Waals surface area (Å²) in [6.07, 6.45) is 27.3. The lowest BCUT2D eigenvalue weighted by Gasteiger charge is -2.37. The van der Waals surface area contributed by atoms with Crippen molar-refractivity contribution in [2.24, 2.45) is 0 Å². The summed E-state index contributed by atoms with van der Waals surface area (Å²) in [7, 11) is 0. The van der Waals surface area contributed by atoms with Gasteiger partial charge in [0.05, 0.1) is 5.41 Å². The van der Waals surface area contributed by atoms with Crippen molar-refractivity contribution >= 4 is 0 Å². The summed E-state index contributed by atoms with van der Waals surface area (Å²) in [5, 5.41) is 0. The van der Waals surface area contributed by atoms with E-state index < -0.39 is 0 Å². The second-order valence-electron chi connectivity index (χ2n) is 13.5. The van der Waals surface area contributed by atoms with Gasteiger partial charge in [0, 0.05) is 0 Å². The van der Waals surface area contributed by atoms with E-state index in [-0.39, 0.29) is 5.41 Å². The van der Waals surface area contributed by atoms with Crippen LogP contribution in [0.15, 0.2) is 135 Å². The number of aryl methyl sites for hydroxylation is 2. The fraction of sp³-hybridized carbons (Fsp3) is 0.404. The molecule has 0 radical (unpaired) electrons. The van der Waals surface area contributed by atoms with Crippen molar-refractivity contribution in [1.29, 1.82) is 0 Å². The van der Waals surface area contributed by atoms with E-state index in [0.717, 1.165) is 25.7 Å². The van der Waals surface area contributed by atoms with E-state index in [0.29, 0.717) is 0 Å². The molecule has 0 amide bonds. The number of rotatable bonds is 24. The number of hydrogen-bond acceptors (Lipinski definition) is 0. The average molecular weight is 625 g/mol. The second kappa shape index (κ2) is 21.3. The Morgan fingerprint density at radius 2 is 0.638 bits per heavy atom. The third-order valence-corrected chi connectivity index (χ3v) is 9.93. The molecule has 0 N–H and O–H groups in total. The molecule has 0 aliphatic heterocycles. The standard InChI is InChI=1S/C47H60/c1-3-5-7-9-11-13-15-17-21-27-41-33-37-45(38-34-41)47(43-29-23-19-24-30-43,44-31-25-20-26-32-44)46-39-35-42(36-40-46)28-22-18-16-14-12-10-8-6-4-2/h3-4,19-20,23-26,29-40H,1-2,5-18,21-22,27-28H2. The second-order valence-corrected chi connectivity index (χ2v) is 13.5. The van der Waals surface area contributed by atoms with E-state index in [9.17, 15) is 0 Å². The maximum atomic E-state index is 3.84. The normalized spacial score (nSPS) is 11.4. The van der Waals surface area contributed by atoms with Crippen LogP contribution in [0.5, 0.6) is 0 Å². The molecule has 4 rings (SSSR count). The van der Waals surface area contributed by atoms with Gasteiger partial charge in [0.15, 0.2) is 0 Å². The molecule has 0 aliphatic carbocycles. The maximum absolute atomic E-state index is 3.84. The molecular formula is C47H60. The molecule has 0 spiro atoms. The minimum absolute atomic E-state index is 0.378. The predicted octanol–water partition coefficient (Wildman–Crippen LogP) is 13.8. The summed E-state index contributed by atoms with van der Waals surface area (Å²) in [5.74, 6) is 0. The SMILES string of the molecule is C=CCCCCCCCCCc1ccc(C(c2ccccc2)(c2ccccc2)c2ccc(CCCCCCCCCC=C)cc2)cc1. The molecule has 4 aromatic carbocycles. The minimum Gasteiger partial charge on any atom is -0.103 e. The Hall–Kier alpha value is -3.64. The first-order valence-corrected chi connectivity index (χ1v) is 18.8. The highest BCUT2D eigenvalue weighted by atomic mass is 14.4. The molecule has 0 saturated carbocycles. The van der Waals surface area contributed by atoms with Gasteiger partial charge in [-0.1, -0.05) is 186 Å². The van der Waals surface area contributed by atoms with Crippen molar-refractivity contribution in [2.45, 2.75) is 121 Å². The molecule has 4 aromatic rings. The summed E-state index contributed by atoms with van der Waals surface area (Å²) in [6.45, 7) is 7.67. The molecule has 0 aliphatic rings. The smallest absolute Gasteiger partial charge is 0.0701 e. The zero-order valence-electron chi connectivity index (χ0n) is 29.2. The highest BCUT2D eigenvalue weighted by Gasteiger charge is 2.38. The van der Waals surface area contributed by atoms with Gasteiger partial charge in [0.1, 0.15) is 0 Å². The Morgan fingerprint density at radius 1 is 0.340 bits per heavy atom. The lowest BCUT2D eigenvalue weighted by atomic mass is 9.65. The largest absolute Gasteiger partial charge is 0.103 e. The molecule has 248 valence electrons. The van der Waals surface area contributed by atoms with E-state index in [1.807, 2.05) is 12.2 Å². The van der Waals surface area contributed by atoms with Crippen LogP contribution in [0, 0.1) is 0 Å². The van der Waals surface area contributed by atoms with E-state index in [1.54, 1.807) is 0 Å². The molecular weight excluding hydrogens is 565 g/mol. The van der Waals surface area contributed by atoms with Crippen LogP contribution in [-0.2, 0) is 18.3 Å². The predicted molar refractivity (Wildman–Crippen MR) is 206 cm³/mol. The van der Waals surface area contributed by atoms with Crippen molar-refractivity contribution in [1.82, 2.24) is 0 Å². The minimum atomic E-state index is -0.378. The van der Waals surface area contributed by atoms with Crippen LogP contribution in [0.4, 0.5) is 0 Å².